The standard InChI is InChI=1S/C16H20ClN5O.HI/c17-14-4-2-13(3-5-14)15(22-7-1-6-20-22)12-19-16(18)21-8-10-23-11-9-21;/h1-7,15H,8-12H2,(H2,18,19);1H. The van der Waals surface area contributed by atoms with Crippen LogP contribution in [0.5, 0.6) is 0 Å². The molecule has 1 fully saturated rings. The number of hydrogen-bond donors (Lipinski definition) is 1. The van der Waals surface area contributed by atoms with E-state index in [0.29, 0.717) is 30.7 Å². The third-order valence-electron chi connectivity index (χ3n) is 3.86. The Morgan fingerprint density at radius 2 is 2.00 bits per heavy atom. The fraction of sp³-hybridized carbons (Fsp3) is 0.375. The van der Waals surface area contributed by atoms with E-state index in [4.69, 9.17) is 22.1 Å². The number of nitrogens with zero attached hydrogens (tertiary/aromatic N) is 4. The second kappa shape index (κ2) is 9.24. The summed E-state index contributed by atoms with van der Waals surface area (Å²) in [5.41, 5.74) is 7.22. The highest BCUT2D eigenvalue weighted by molar-refractivity contribution is 14.0. The fourth-order valence-corrected chi connectivity index (χ4v) is 2.69. The molecule has 0 bridgehead atoms. The molecule has 24 heavy (non-hydrogen) atoms. The molecule has 0 aliphatic carbocycles. The molecule has 8 heteroatoms. The summed E-state index contributed by atoms with van der Waals surface area (Å²) in [6, 6.07) is 9.63. The van der Waals surface area contributed by atoms with Gasteiger partial charge in [-0.3, -0.25) is 9.67 Å². The van der Waals surface area contributed by atoms with Gasteiger partial charge in [-0.15, -0.1) is 24.0 Å². The highest BCUT2D eigenvalue weighted by Gasteiger charge is 2.16. The van der Waals surface area contributed by atoms with Gasteiger partial charge in [0.1, 0.15) is 0 Å². The second-order valence-electron chi connectivity index (χ2n) is 5.35. The molecule has 0 amide bonds. The van der Waals surface area contributed by atoms with Gasteiger partial charge in [-0.1, -0.05) is 23.7 Å². The normalized spacial score (nSPS) is 16.5. The lowest BCUT2D eigenvalue weighted by atomic mass is 10.1. The van der Waals surface area contributed by atoms with Gasteiger partial charge in [-0.2, -0.15) is 5.10 Å². The van der Waals surface area contributed by atoms with E-state index in [-0.39, 0.29) is 30.0 Å². The summed E-state index contributed by atoms with van der Waals surface area (Å²) in [6.45, 7) is 3.46. The summed E-state index contributed by atoms with van der Waals surface area (Å²) in [4.78, 5) is 6.62. The Bertz CT molecular complexity index is 641. The molecule has 1 aliphatic heterocycles. The molecule has 1 aromatic carbocycles. The number of aromatic nitrogens is 2. The summed E-state index contributed by atoms with van der Waals surface area (Å²) in [6.07, 6.45) is 3.69. The van der Waals surface area contributed by atoms with E-state index < -0.39 is 0 Å². The Morgan fingerprint density at radius 3 is 2.62 bits per heavy atom. The average Bonchev–Trinajstić information content (AvgIpc) is 3.11. The maximum Gasteiger partial charge on any atom is 0.191 e. The molecule has 1 atom stereocenters. The maximum atomic E-state index is 6.12. The van der Waals surface area contributed by atoms with Crippen molar-refractivity contribution in [3.63, 3.8) is 0 Å². The smallest absolute Gasteiger partial charge is 0.191 e. The van der Waals surface area contributed by atoms with Gasteiger partial charge in [-0.05, 0) is 23.8 Å². The van der Waals surface area contributed by atoms with Gasteiger partial charge in [0, 0.05) is 30.5 Å². The molecule has 6 nitrogen and oxygen atoms in total. The third kappa shape index (κ3) is 4.84. The molecule has 1 aliphatic rings. The lowest BCUT2D eigenvalue weighted by molar-refractivity contribution is 0.0674. The van der Waals surface area contributed by atoms with E-state index in [1.54, 1.807) is 6.20 Å². The predicted octanol–water partition coefficient (Wildman–Crippen LogP) is 2.39. The molecule has 1 unspecified atom stereocenters. The average molecular weight is 462 g/mol. The number of guanidine groups is 1. The maximum absolute atomic E-state index is 6.12. The summed E-state index contributed by atoms with van der Waals surface area (Å²) in [7, 11) is 0. The van der Waals surface area contributed by atoms with Gasteiger partial charge in [0.25, 0.3) is 0 Å². The first-order valence-electron chi connectivity index (χ1n) is 7.61. The van der Waals surface area contributed by atoms with Crippen molar-refractivity contribution < 1.29 is 4.74 Å². The van der Waals surface area contributed by atoms with Gasteiger partial charge in [0.15, 0.2) is 5.96 Å². The van der Waals surface area contributed by atoms with Crippen molar-refractivity contribution in [3.8, 4) is 0 Å². The highest BCUT2D eigenvalue weighted by atomic mass is 127. The van der Waals surface area contributed by atoms with Gasteiger partial charge in [0.05, 0.1) is 25.8 Å². The molecular formula is C16H21ClIN5O. The number of halogens is 2. The van der Waals surface area contributed by atoms with Crippen LogP contribution in [-0.4, -0.2) is 53.5 Å². The number of benzene rings is 1. The van der Waals surface area contributed by atoms with Crippen molar-refractivity contribution >= 4 is 41.5 Å². The minimum absolute atomic E-state index is 0. The van der Waals surface area contributed by atoms with Gasteiger partial charge in [0.2, 0.25) is 0 Å². The van der Waals surface area contributed by atoms with Crippen LogP contribution in [0.25, 0.3) is 0 Å². The number of morpholine rings is 1. The Hall–Kier alpha value is -1.32. The molecule has 0 spiro atoms. The first-order chi connectivity index (χ1) is 11.2. The molecule has 2 aromatic rings. The van der Waals surface area contributed by atoms with Crippen molar-refractivity contribution in [2.45, 2.75) is 6.04 Å². The summed E-state index contributed by atoms with van der Waals surface area (Å²) in [5.74, 6) is 0.555. The molecule has 1 saturated heterocycles. The number of rotatable bonds is 4. The lowest BCUT2D eigenvalue weighted by Gasteiger charge is -2.28. The zero-order valence-corrected chi connectivity index (χ0v) is 16.3. The first kappa shape index (κ1) is 19.0. The van der Waals surface area contributed by atoms with Crippen LogP contribution in [-0.2, 0) is 4.74 Å². The van der Waals surface area contributed by atoms with Crippen molar-refractivity contribution in [2.75, 3.05) is 32.8 Å². The summed E-state index contributed by atoms with van der Waals surface area (Å²) < 4.78 is 7.22. The highest BCUT2D eigenvalue weighted by Crippen LogP contribution is 2.20. The number of hydrogen-bond acceptors (Lipinski definition) is 3. The molecule has 0 radical (unpaired) electrons. The van der Waals surface area contributed by atoms with Gasteiger partial charge in [-0.25, -0.2) is 0 Å². The predicted molar refractivity (Wildman–Crippen MR) is 106 cm³/mol. The van der Waals surface area contributed by atoms with E-state index in [2.05, 4.69) is 10.1 Å². The van der Waals surface area contributed by atoms with Crippen LogP contribution in [0.15, 0.2) is 47.7 Å². The van der Waals surface area contributed by atoms with Crippen molar-refractivity contribution in [1.82, 2.24) is 14.7 Å². The van der Waals surface area contributed by atoms with Crippen LogP contribution in [0.4, 0.5) is 0 Å². The zero-order valence-electron chi connectivity index (χ0n) is 13.2. The van der Waals surface area contributed by atoms with E-state index in [0.717, 1.165) is 18.7 Å². The Kier molecular flexibility index (Phi) is 7.32. The lowest BCUT2D eigenvalue weighted by Crippen LogP contribution is -2.45. The van der Waals surface area contributed by atoms with Crippen LogP contribution in [0.3, 0.4) is 0 Å². The largest absolute Gasteiger partial charge is 0.378 e. The molecule has 2 heterocycles. The molecule has 2 N–H and O–H groups in total. The first-order valence-corrected chi connectivity index (χ1v) is 7.99. The molecule has 3 rings (SSSR count). The van der Waals surface area contributed by atoms with Crippen molar-refractivity contribution in [3.05, 3.63) is 53.3 Å². The van der Waals surface area contributed by atoms with Gasteiger partial charge < -0.3 is 15.4 Å². The van der Waals surface area contributed by atoms with Crippen LogP contribution < -0.4 is 5.73 Å². The second-order valence-corrected chi connectivity index (χ2v) is 5.79. The monoisotopic (exact) mass is 461 g/mol. The van der Waals surface area contributed by atoms with E-state index >= 15 is 0 Å². The molecule has 130 valence electrons. The Balaban J connectivity index is 0.00000208. The number of nitrogens with two attached hydrogens (primary N) is 1. The van der Waals surface area contributed by atoms with E-state index in [1.807, 2.05) is 46.1 Å². The van der Waals surface area contributed by atoms with Crippen LogP contribution in [0, 0.1) is 0 Å². The Morgan fingerprint density at radius 1 is 1.29 bits per heavy atom. The number of ether oxygens (including phenoxy) is 1. The van der Waals surface area contributed by atoms with Gasteiger partial charge >= 0.3 is 0 Å². The van der Waals surface area contributed by atoms with Crippen LogP contribution in [0.1, 0.15) is 11.6 Å². The minimum Gasteiger partial charge on any atom is -0.378 e. The SMILES string of the molecule is I.NC(=NCC(c1ccc(Cl)cc1)n1cccn1)N1CCOCC1. The molecule has 0 saturated carbocycles. The van der Waals surface area contributed by atoms with Crippen LogP contribution in [0.2, 0.25) is 5.02 Å². The van der Waals surface area contributed by atoms with Crippen molar-refractivity contribution in [2.24, 2.45) is 10.7 Å². The summed E-state index contributed by atoms with van der Waals surface area (Å²) in [5, 5.41) is 5.06. The van der Waals surface area contributed by atoms with E-state index in [9.17, 15) is 0 Å². The fourth-order valence-electron chi connectivity index (χ4n) is 2.56. The quantitative estimate of drug-likeness (QED) is 0.431. The molecular weight excluding hydrogens is 441 g/mol. The topological polar surface area (TPSA) is 68.7 Å². The zero-order chi connectivity index (χ0) is 16.1. The van der Waals surface area contributed by atoms with Crippen LogP contribution >= 0.6 is 35.6 Å². The van der Waals surface area contributed by atoms with E-state index in [1.165, 1.54) is 0 Å². The van der Waals surface area contributed by atoms with Crippen molar-refractivity contribution in [1.29, 1.82) is 0 Å². The molecule has 1 aromatic heterocycles. The summed E-state index contributed by atoms with van der Waals surface area (Å²) >= 11 is 5.98. The third-order valence-corrected chi connectivity index (χ3v) is 4.11. The number of aliphatic imine (C=N–C) groups is 1. The Labute approximate surface area is 163 Å². The minimum atomic E-state index is -0.0122.